The number of carboxylic acids is 1. The molecule has 0 radical (unpaired) electrons. The molecule has 1 aliphatic rings. The summed E-state index contributed by atoms with van der Waals surface area (Å²) < 4.78 is 5.29. The van der Waals surface area contributed by atoms with Crippen LogP contribution in [0.25, 0.3) is 6.08 Å². The van der Waals surface area contributed by atoms with Crippen LogP contribution in [0.2, 0.25) is 0 Å². The van der Waals surface area contributed by atoms with Gasteiger partial charge in [-0.3, -0.25) is 14.9 Å². The van der Waals surface area contributed by atoms with Crippen molar-refractivity contribution in [2.45, 2.75) is 20.8 Å². The molecular formula is C22H20N2O6. The first kappa shape index (κ1) is 20.8. The number of anilines is 1. The number of rotatable bonds is 5. The zero-order chi connectivity index (χ0) is 22.0. The third-order valence-electron chi connectivity index (χ3n) is 4.70. The number of ether oxygens (including phenoxy) is 1. The molecule has 4 amide bonds. The lowest BCUT2D eigenvalue weighted by molar-refractivity contribution is -0.122. The second-order valence-corrected chi connectivity index (χ2v) is 6.72. The summed E-state index contributed by atoms with van der Waals surface area (Å²) in [5.41, 5.74) is 2.13. The first-order valence-corrected chi connectivity index (χ1v) is 9.21. The van der Waals surface area contributed by atoms with E-state index in [9.17, 15) is 24.3 Å². The van der Waals surface area contributed by atoms with Crippen molar-refractivity contribution in [2.24, 2.45) is 0 Å². The minimum Gasteiger partial charge on any atom is -0.493 e. The number of hydrogen-bond donors (Lipinski definition) is 2. The lowest BCUT2D eigenvalue weighted by Gasteiger charge is -2.26. The van der Waals surface area contributed by atoms with Crippen molar-refractivity contribution in [1.82, 2.24) is 5.32 Å². The maximum absolute atomic E-state index is 13.0. The van der Waals surface area contributed by atoms with Crippen molar-refractivity contribution >= 4 is 35.6 Å². The number of carbonyl (C=O) groups excluding carboxylic acids is 3. The molecule has 30 heavy (non-hydrogen) atoms. The number of barbiturate groups is 1. The standard InChI is InChI=1S/C22H20N2O6/c1-4-30-18-8-6-14(10-16(18)21(27)28)11-17-19(25)23-22(29)24(20(17)26)15-7-5-12(2)13(3)9-15/h5-11H,4H2,1-3H3,(H,27,28)(H,23,25,29)/b17-11+. The van der Waals surface area contributed by atoms with Crippen LogP contribution in [0.5, 0.6) is 5.75 Å². The van der Waals surface area contributed by atoms with Gasteiger partial charge in [0.25, 0.3) is 11.8 Å². The number of amides is 4. The van der Waals surface area contributed by atoms with Crippen LogP contribution in [-0.4, -0.2) is 35.5 Å². The highest BCUT2D eigenvalue weighted by molar-refractivity contribution is 6.39. The molecule has 0 saturated carbocycles. The van der Waals surface area contributed by atoms with E-state index in [2.05, 4.69) is 5.32 Å². The maximum Gasteiger partial charge on any atom is 0.339 e. The van der Waals surface area contributed by atoms with E-state index in [-0.39, 0.29) is 23.5 Å². The second kappa shape index (κ2) is 8.20. The molecule has 0 aliphatic carbocycles. The summed E-state index contributed by atoms with van der Waals surface area (Å²) in [6.07, 6.45) is 1.25. The number of carbonyl (C=O) groups is 4. The van der Waals surface area contributed by atoms with E-state index in [1.807, 2.05) is 13.8 Å². The van der Waals surface area contributed by atoms with Crippen LogP contribution < -0.4 is 15.0 Å². The number of urea groups is 1. The minimum atomic E-state index is -1.20. The molecule has 0 bridgehead atoms. The molecular weight excluding hydrogens is 388 g/mol. The van der Waals surface area contributed by atoms with Crippen LogP contribution in [0.1, 0.15) is 34.0 Å². The number of benzene rings is 2. The van der Waals surface area contributed by atoms with E-state index in [0.717, 1.165) is 16.0 Å². The zero-order valence-electron chi connectivity index (χ0n) is 16.7. The largest absolute Gasteiger partial charge is 0.493 e. The van der Waals surface area contributed by atoms with Gasteiger partial charge < -0.3 is 9.84 Å². The Morgan fingerprint density at radius 3 is 2.47 bits per heavy atom. The predicted octanol–water partition coefficient (Wildman–Crippen LogP) is 3.07. The van der Waals surface area contributed by atoms with Gasteiger partial charge in [-0.1, -0.05) is 12.1 Å². The highest BCUT2D eigenvalue weighted by atomic mass is 16.5. The number of carboxylic acid groups (broad SMARTS) is 1. The van der Waals surface area contributed by atoms with Crippen molar-refractivity contribution in [3.63, 3.8) is 0 Å². The van der Waals surface area contributed by atoms with Crippen molar-refractivity contribution in [1.29, 1.82) is 0 Å². The van der Waals surface area contributed by atoms with Crippen LogP contribution >= 0.6 is 0 Å². The van der Waals surface area contributed by atoms with Gasteiger partial charge in [-0.15, -0.1) is 0 Å². The Bertz CT molecular complexity index is 1100. The Kier molecular flexibility index (Phi) is 5.68. The summed E-state index contributed by atoms with van der Waals surface area (Å²) in [5.74, 6) is -2.67. The molecule has 1 fully saturated rings. The Labute approximate surface area is 172 Å². The van der Waals surface area contributed by atoms with Gasteiger partial charge in [-0.25, -0.2) is 14.5 Å². The highest BCUT2D eigenvalue weighted by Crippen LogP contribution is 2.26. The quantitative estimate of drug-likeness (QED) is 0.581. The van der Waals surface area contributed by atoms with Gasteiger partial charge in [0.15, 0.2) is 0 Å². The molecule has 8 heteroatoms. The Balaban J connectivity index is 2.03. The van der Waals surface area contributed by atoms with Crippen molar-refractivity contribution < 1.29 is 29.0 Å². The fraction of sp³-hybridized carbons (Fsp3) is 0.182. The fourth-order valence-electron chi connectivity index (χ4n) is 3.01. The summed E-state index contributed by atoms with van der Waals surface area (Å²) in [4.78, 5) is 50.0. The highest BCUT2D eigenvalue weighted by Gasteiger charge is 2.37. The van der Waals surface area contributed by atoms with E-state index >= 15 is 0 Å². The molecule has 2 N–H and O–H groups in total. The molecule has 1 aliphatic heterocycles. The molecule has 0 spiro atoms. The third kappa shape index (κ3) is 3.93. The van der Waals surface area contributed by atoms with Gasteiger partial charge in [-0.2, -0.15) is 0 Å². The van der Waals surface area contributed by atoms with Gasteiger partial charge in [0.2, 0.25) is 0 Å². The monoisotopic (exact) mass is 408 g/mol. The molecule has 3 rings (SSSR count). The first-order chi connectivity index (χ1) is 14.2. The number of imide groups is 2. The molecule has 0 unspecified atom stereocenters. The maximum atomic E-state index is 13.0. The van der Waals surface area contributed by atoms with Gasteiger partial charge in [0.1, 0.15) is 16.9 Å². The molecule has 2 aromatic rings. The summed E-state index contributed by atoms with van der Waals surface area (Å²) in [5, 5.41) is 11.6. The summed E-state index contributed by atoms with van der Waals surface area (Å²) in [6.45, 7) is 5.76. The lowest BCUT2D eigenvalue weighted by atomic mass is 10.0. The van der Waals surface area contributed by atoms with Gasteiger partial charge >= 0.3 is 12.0 Å². The second-order valence-electron chi connectivity index (χ2n) is 6.72. The van der Waals surface area contributed by atoms with Crippen LogP contribution in [-0.2, 0) is 9.59 Å². The Morgan fingerprint density at radius 1 is 1.10 bits per heavy atom. The van der Waals surface area contributed by atoms with Crippen LogP contribution in [0.3, 0.4) is 0 Å². The van der Waals surface area contributed by atoms with Crippen LogP contribution in [0.15, 0.2) is 42.0 Å². The molecule has 0 atom stereocenters. The molecule has 0 aromatic heterocycles. The Morgan fingerprint density at radius 2 is 1.83 bits per heavy atom. The zero-order valence-corrected chi connectivity index (χ0v) is 16.7. The van der Waals surface area contributed by atoms with Crippen LogP contribution in [0, 0.1) is 13.8 Å². The predicted molar refractivity (Wildman–Crippen MR) is 109 cm³/mol. The fourth-order valence-corrected chi connectivity index (χ4v) is 3.01. The average molecular weight is 408 g/mol. The first-order valence-electron chi connectivity index (χ1n) is 9.21. The normalized spacial score (nSPS) is 15.4. The summed E-state index contributed by atoms with van der Waals surface area (Å²) >= 11 is 0. The SMILES string of the molecule is CCOc1ccc(/C=C2\C(=O)NC(=O)N(c3ccc(C)c(C)c3)C2=O)cc1C(=O)O. The number of hydrogen-bond acceptors (Lipinski definition) is 5. The van der Waals surface area contributed by atoms with Gasteiger partial charge in [0, 0.05) is 0 Å². The molecule has 1 saturated heterocycles. The van der Waals surface area contributed by atoms with E-state index in [0.29, 0.717) is 11.3 Å². The lowest BCUT2D eigenvalue weighted by Crippen LogP contribution is -2.54. The van der Waals surface area contributed by atoms with E-state index in [1.54, 1.807) is 25.1 Å². The van der Waals surface area contributed by atoms with Crippen molar-refractivity contribution in [3.05, 3.63) is 64.2 Å². The van der Waals surface area contributed by atoms with Gasteiger partial charge in [-0.05, 0) is 67.8 Å². The van der Waals surface area contributed by atoms with Gasteiger partial charge in [0.05, 0.1) is 12.3 Å². The third-order valence-corrected chi connectivity index (χ3v) is 4.70. The minimum absolute atomic E-state index is 0.100. The smallest absolute Gasteiger partial charge is 0.339 e. The van der Waals surface area contributed by atoms with Crippen molar-refractivity contribution in [2.75, 3.05) is 11.5 Å². The van der Waals surface area contributed by atoms with Crippen molar-refractivity contribution in [3.8, 4) is 5.75 Å². The number of aromatic carboxylic acids is 1. The van der Waals surface area contributed by atoms with E-state index in [4.69, 9.17) is 4.74 Å². The molecule has 8 nitrogen and oxygen atoms in total. The summed E-state index contributed by atoms with van der Waals surface area (Å²) in [7, 11) is 0. The number of nitrogens with zero attached hydrogens (tertiary/aromatic N) is 1. The molecule has 2 aromatic carbocycles. The molecule has 154 valence electrons. The average Bonchev–Trinajstić information content (AvgIpc) is 2.68. The van der Waals surface area contributed by atoms with Crippen LogP contribution in [0.4, 0.5) is 10.5 Å². The van der Waals surface area contributed by atoms with E-state index < -0.39 is 23.8 Å². The molecule has 1 heterocycles. The Hall–Kier alpha value is -3.94. The summed E-state index contributed by atoms with van der Waals surface area (Å²) in [6, 6.07) is 8.52. The van der Waals surface area contributed by atoms with E-state index in [1.165, 1.54) is 24.3 Å². The number of aryl methyl sites for hydroxylation is 2. The topological polar surface area (TPSA) is 113 Å². The number of nitrogens with one attached hydrogen (secondary N) is 1.